The lowest BCUT2D eigenvalue weighted by Gasteiger charge is -2.34. The molecule has 1 aliphatic heterocycles. The number of hydrogen-bond acceptors (Lipinski definition) is 8. The van der Waals surface area contributed by atoms with Gasteiger partial charge in [-0.25, -0.2) is 13.2 Å². The average molecular weight is 462 g/mol. The third kappa shape index (κ3) is 4.86. The number of ether oxygens (including phenoxy) is 1. The standard InChI is InChI=1S/C21H23N3O5S2/c1-14-8-15(2)11-24(10-14)31(26,27)18-5-3-4-16(9-18)21(25)28-12-19-22-20(23-29-19)17-6-7-30-13-17/h3-7,9,13-15H,8,10-12H2,1-2H3. The van der Waals surface area contributed by atoms with Gasteiger partial charge in [-0.1, -0.05) is 25.1 Å². The molecule has 2 atom stereocenters. The van der Waals surface area contributed by atoms with E-state index in [0.717, 1.165) is 12.0 Å². The predicted molar refractivity (Wildman–Crippen MR) is 115 cm³/mol. The van der Waals surface area contributed by atoms with Gasteiger partial charge in [-0.2, -0.15) is 20.6 Å². The molecular formula is C21H23N3O5S2. The van der Waals surface area contributed by atoms with E-state index >= 15 is 0 Å². The zero-order valence-electron chi connectivity index (χ0n) is 17.2. The second kappa shape index (κ2) is 8.89. The summed E-state index contributed by atoms with van der Waals surface area (Å²) in [6.45, 7) is 4.85. The number of sulfonamides is 1. The van der Waals surface area contributed by atoms with Crippen LogP contribution in [0.1, 0.15) is 36.5 Å². The summed E-state index contributed by atoms with van der Waals surface area (Å²) in [5.74, 6) is 0.507. The van der Waals surface area contributed by atoms with Crippen LogP contribution in [0.2, 0.25) is 0 Å². The number of aromatic nitrogens is 2. The molecule has 8 nitrogen and oxygen atoms in total. The molecule has 1 aliphatic rings. The zero-order chi connectivity index (χ0) is 22.0. The van der Waals surface area contributed by atoms with Gasteiger partial charge in [0.15, 0.2) is 6.61 Å². The number of carbonyl (C=O) groups excluding carboxylic acids is 1. The van der Waals surface area contributed by atoms with Gasteiger partial charge in [0, 0.05) is 24.0 Å². The van der Waals surface area contributed by atoms with Gasteiger partial charge in [0.2, 0.25) is 15.8 Å². The smallest absolute Gasteiger partial charge is 0.338 e. The summed E-state index contributed by atoms with van der Waals surface area (Å²) in [4.78, 5) is 16.8. The Balaban J connectivity index is 1.44. The van der Waals surface area contributed by atoms with Crippen LogP contribution in [-0.2, 0) is 21.4 Å². The van der Waals surface area contributed by atoms with Crippen molar-refractivity contribution >= 4 is 27.3 Å². The van der Waals surface area contributed by atoms with Gasteiger partial charge in [0.25, 0.3) is 5.89 Å². The second-order valence-electron chi connectivity index (χ2n) is 7.90. The molecule has 0 N–H and O–H groups in total. The molecule has 31 heavy (non-hydrogen) atoms. The second-order valence-corrected chi connectivity index (χ2v) is 10.6. The molecule has 2 unspecified atom stereocenters. The van der Waals surface area contributed by atoms with E-state index in [2.05, 4.69) is 10.1 Å². The fourth-order valence-electron chi connectivity index (χ4n) is 3.77. The van der Waals surface area contributed by atoms with Crippen molar-refractivity contribution in [3.8, 4) is 11.4 Å². The van der Waals surface area contributed by atoms with E-state index in [-0.39, 0.29) is 23.0 Å². The first-order valence-corrected chi connectivity index (χ1v) is 12.3. The summed E-state index contributed by atoms with van der Waals surface area (Å²) < 4.78 is 38.0. The molecule has 1 fully saturated rings. The maximum atomic E-state index is 13.1. The van der Waals surface area contributed by atoms with E-state index in [1.54, 1.807) is 6.07 Å². The number of piperidine rings is 1. The molecule has 2 aromatic heterocycles. The van der Waals surface area contributed by atoms with Crippen LogP contribution in [0.25, 0.3) is 11.4 Å². The zero-order valence-corrected chi connectivity index (χ0v) is 18.9. The monoisotopic (exact) mass is 461 g/mol. The van der Waals surface area contributed by atoms with Gasteiger partial charge < -0.3 is 9.26 Å². The minimum absolute atomic E-state index is 0.0841. The van der Waals surface area contributed by atoms with Crippen molar-refractivity contribution < 1.29 is 22.5 Å². The first-order valence-electron chi connectivity index (χ1n) is 9.95. The van der Waals surface area contributed by atoms with Gasteiger partial charge in [-0.15, -0.1) is 0 Å². The molecule has 1 aromatic carbocycles. The van der Waals surface area contributed by atoms with Crippen LogP contribution in [0.3, 0.4) is 0 Å². The van der Waals surface area contributed by atoms with Crippen molar-refractivity contribution in [3.63, 3.8) is 0 Å². The molecule has 0 radical (unpaired) electrons. The molecule has 0 aliphatic carbocycles. The SMILES string of the molecule is CC1CC(C)CN(S(=O)(=O)c2cccc(C(=O)OCc3nc(-c4ccsc4)no3)c2)C1. The summed E-state index contributed by atoms with van der Waals surface area (Å²) in [6.07, 6.45) is 1.00. The third-order valence-electron chi connectivity index (χ3n) is 5.12. The molecular weight excluding hydrogens is 438 g/mol. The Kier molecular flexibility index (Phi) is 6.22. The average Bonchev–Trinajstić information content (AvgIpc) is 3.43. The van der Waals surface area contributed by atoms with E-state index in [0.29, 0.717) is 30.7 Å². The van der Waals surface area contributed by atoms with Crippen molar-refractivity contribution in [2.45, 2.75) is 31.8 Å². The van der Waals surface area contributed by atoms with Crippen LogP contribution < -0.4 is 0 Å². The Hall–Kier alpha value is -2.56. The Morgan fingerprint density at radius 2 is 2.03 bits per heavy atom. The van der Waals surface area contributed by atoms with Crippen LogP contribution in [0, 0.1) is 11.8 Å². The van der Waals surface area contributed by atoms with Gasteiger partial charge >= 0.3 is 5.97 Å². The number of benzene rings is 1. The molecule has 0 saturated carbocycles. The van der Waals surface area contributed by atoms with Crippen molar-refractivity contribution in [1.82, 2.24) is 14.4 Å². The molecule has 10 heteroatoms. The summed E-state index contributed by atoms with van der Waals surface area (Å²) in [5, 5.41) is 7.65. The van der Waals surface area contributed by atoms with E-state index in [9.17, 15) is 13.2 Å². The van der Waals surface area contributed by atoms with Crippen molar-refractivity contribution in [3.05, 3.63) is 52.5 Å². The molecule has 0 bridgehead atoms. The number of carbonyl (C=O) groups is 1. The lowest BCUT2D eigenvalue weighted by molar-refractivity contribution is 0.0429. The van der Waals surface area contributed by atoms with E-state index in [4.69, 9.17) is 9.26 Å². The maximum absolute atomic E-state index is 13.1. The number of hydrogen-bond donors (Lipinski definition) is 0. The van der Waals surface area contributed by atoms with Crippen LogP contribution in [0.4, 0.5) is 0 Å². The fourth-order valence-corrected chi connectivity index (χ4v) is 6.13. The Labute approximate surface area is 184 Å². The highest BCUT2D eigenvalue weighted by molar-refractivity contribution is 7.89. The van der Waals surface area contributed by atoms with Crippen LogP contribution in [-0.4, -0.2) is 41.9 Å². The van der Waals surface area contributed by atoms with E-state index in [1.165, 1.54) is 33.8 Å². The van der Waals surface area contributed by atoms with Crippen molar-refractivity contribution in [2.24, 2.45) is 11.8 Å². The number of nitrogens with zero attached hydrogens (tertiary/aromatic N) is 3. The van der Waals surface area contributed by atoms with Gasteiger partial charge in [0.1, 0.15) is 0 Å². The molecule has 4 rings (SSSR count). The van der Waals surface area contributed by atoms with Gasteiger partial charge in [-0.05, 0) is 47.9 Å². The predicted octanol–water partition coefficient (Wildman–Crippen LogP) is 3.82. The third-order valence-corrected chi connectivity index (χ3v) is 7.63. The largest absolute Gasteiger partial charge is 0.452 e. The quantitative estimate of drug-likeness (QED) is 0.514. The van der Waals surface area contributed by atoms with E-state index in [1.807, 2.05) is 30.7 Å². The molecule has 0 amide bonds. The highest BCUT2D eigenvalue weighted by Crippen LogP contribution is 2.27. The van der Waals surface area contributed by atoms with Crippen LogP contribution in [0.5, 0.6) is 0 Å². The molecule has 1 saturated heterocycles. The first-order chi connectivity index (χ1) is 14.8. The maximum Gasteiger partial charge on any atom is 0.338 e. The minimum Gasteiger partial charge on any atom is -0.452 e. The summed E-state index contributed by atoms with van der Waals surface area (Å²) in [6, 6.07) is 7.78. The fraction of sp³-hybridized carbons (Fsp3) is 0.381. The van der Waals surface area contributed by atoms with Gasteiger partial charge in [0.05, 0.1) is 10.5 Å². The molecule has 3 aromatic rings. The lowest BCUT2D eigenvalue weighted by atomic mass is 9.94. The van der Waals surface area contributed by atoms with Crippen LogP contribution >= 0.6 is 11.3 Å². The van der Waals surface area contributed by atoms with E-state index < -0.39 is 16.0 Å². The highest BCUT2D eigenvalue weighted by atomic mass is 32.2. The Morgan fingerprint density at radius 3 is 2.74 bits per heavy atom. The summed E-state index contributed by atoms with van der Waals surface area (Å²) >= 11 is 1.51. The Morgan fingerprint density at radius 1 is 1.26 bits per heavy atom. The summed E-state index contributed by atoms with van der Waals surface area (Å²) in [5.41, 5.74) is 0.974. The Bertz CT molecular complexity index is 1150. The topological polar surface area (TPSA) is 103 Å². The van der Waals surface area contributed by atoms with Crippen LogP contribution in [0.15, 0.2) is 50.5 Å². The lowest BCUT2D eigenvalue weighted by Crippen LogP contribution is -2.42. The number of rotatable bonds is 6. The number of esters is 1. The van der Waals surface area contributed by atoms with Crippen molar-refractivity contribution in [2.75, 3.05) is 13.1 Å². The molecule has 3 heterocycles. The first kappa shape index (κ1) is 21.7. The highest BCUT2D eigenvalue weighted by Gasteiger charge is 2.32. The van der Waals surface area contributed by atoms with Gasteiger partial charge in [-0.3, -0.25) is 0 Å². The van der Waals surface area contributed by atoms with Crippen molar-refractivity contribution in [1.29, 1.82) is 0 Å². The number of thiophene rings is 1. The molecule has 0 spiro atoms. The minimum atomic E-state index is -3.69. The molecule has 164 valence electrons. The summed E-state index contributed by atoms with van der Waals surface area (Å²) in [7, 11) is -3.69. The normalized spacial score (nSPS) is 19.9.